The van der Waals surface area contributed by atoms with Crippen molar-refractivity contribution >= 4 is 29.3 Å². The van der Waals surface area contributed by atoms with E-state index in [2.05, 4.69) is 10.3 Å². The minimum absolute atomic E-state index is 0.511. The second-order valence-corrected chi connectivity index (χ2v) is 3.78. The Balaban J connectivity index is 2.36. The molecular formula is C8H6N2O3S. The van der Waals surface area contributed by atoms with Crippen molar-refractivity contribution in [3.63, 3.8) is 0 Å². The topological polar surface area (TPSA) is 79.3 Å². The van der Waals surface area contributed by atoms with E-state index in [-0.39, 0.29) is 0 Å². The second-order valence-electron chi connectivity index (χ2n) is 2.68. The van der Waals surface area contributed by atoms with Gasteiger partial charge in [-0.1, -0.05) is 11.8 Å². The van der Waals surface area contributed by atoms with Gasteiger partial charge in [0.2, 0.25) is 5.91 Å². The van der Waals surface area contributed by atoms with Crippen molar-refractivity contribution in [3.05, 3.63) is 18.3 Å². The summed E-state index contributed by atoms with van der Waals surface area (Å²) < 4.78 is 0. The molecule has 1 amide bonds. The normalized spacial score (nSPS) is 19.7. The molecule has 2 N–H and O–H groups in total. The number of fused-ring (bicyclic) bond motifs is 1. The van der Waals surface area contributed by atoms with Crippen LogP contribution in [0, 0.1) is 0 Å². The van der Waals surface area contributed by atoms with Crippen LogP contribution in [0.1, 0.15) is 0 Å². The van der Waals surface area contributed by atoms with Crippen LogP contribution in [0.25, 0.3) is 0 Å². The molecule has 0 bridgehead atoms. The summed E-state index contributed by atoms with van der Waals surface area (Å²) in [5, 5.41) is 10.7. The summed E-state index contributed by atoms with van der Waals surface area (Å²) in [6.45, 7) is 0. The Kier molecular flexibility index (Phi) is 2.12. The van der Waals surface area contributed by atoms with Gasteiger partial charge in [0.25, 0.3) is 0 Å². The maximum absolute atomic E-state index is 11.3. The van der Waals surface area contributed by atoms with Crippen molar-refractivity contribution in [3.8, 4) is 0 Å². The standard InChI is InChI=1S/C8H6N2O3S/c11-6-5(8(12)13)14-7-4(10-6)2-1-3-9-7/h1-3,5H,(H,10,11)(H,12,13). The number of amides is 1. The lowest BCUT2D eigenvalue weighted by atomic mass is 10.3. The molecular weight excluding hydrogens is 204 g/mol. The van der Waals surface area contributed by atoms with Gasteiger partial charge in [0.15, 0.2) is 5.25 Å². The first kappa shape index (κ1) is 9.01. The molecule has 6 heteroatoms. The van der Waals surface area contributed by atoms with E-state index in [9.17, 15) is 9.59 Å². The van der Waals surface area contributed by atoms with Crippen LogP contribution in [0.15, 0.2) is 23.4 Å². The summed E-state index contributed by atoms with van der Waals surface area (Å²) in [6.07, 6.45) is 1.56. The van der Waals surface area contributed by atoms with Crippen LogP contribution < -0.4 is 5.32 Å². The fourth-order valence-electron chi connectivity index (χ4n) is 1.11. The number of pyridine rings is 1. The van der Waals surface area contributed by atoms with Gasteiger partial charge in [-0.25, -0.2) is 4.98 Å². The zero-order valence-electron chi connectivity index (χ0n) is 6.93. The number of carbonyl (C=O) groups excluding carboxylic acids is 1. The van der Waals surface area contributed by atoms with Crippen molar-refractivity contribution in [1.29, 1.82) is 0 Å². The maximum Gasteiger partial charge on any atom is 0.326 e. The van der Waals surface area contributed by atoms with Crippen LogP contribution in [-0.2, 0) is 9.59 Å². The Hall–Kier alpha value is -1.56. The molecule has 0 spiro atoms. The third kappa shape index (κ3) is 1.44. The predicted octanol–water partition coefficient (Wildman–Crippen LogP) is 0.579. The predicted molar refractivity (Wildman–Crippen MR) is 50.1 cm³/mol. The van der Waals surface area contributed by atoms with E-state index >= 15 is 0 Å². The van der Waals surface area contributed by atoms with E-state index in [1.807, 2.05) is 0 Å². The summed E-state index contributed by atoms with van der Waals surface area (Å²) in [7, 11) is 0. The Morgan fingerprint density at radius 1 is 1.64 bits per heavy atom. The lowest BCUT2D eigenvalue weighted by Crippen LogP contribution is -2.35. The molecule has 1 unspecified atom stereocenters. The van der Waals surface area contributed by atoms with Gasteiger partial charge in [-0.2, -0.15) is 0 Å². The number of aromatic nitrogens is 1. The summed E-state index contributed by atoms with van der Waals surface area (Å²) in [6, 6.07) is 3.37. The van der Waals surface area contributed by atoms with Crippen LogP contribution in [0.4, 0.5) is 5.69 Å². The minimum atomic E-state index is -1.15. The van der Waals surface area contributed by atoms with Crippen molar-refractivity contribution in [1.82, 2.24) is 4.98 Å². The minimum Gasteiger partial charge on any atom is -0.480 e. The van der Waals surface area contributed by atoms with Gasteiger partial charge in [-0.15, -0.1) is 0 Å². The molecule has 1 atom stereocenters. The number of nitrogens with one attached hydrogen (secondary N) is 1. The lowest BCUT2D eigenvalue weighted by Gasteiger charge is -2.19. The molecule has 1 aliphatic rings. The molecule has 1 aromatic rings. The molecule has 0 aromatic carbocycles. The van der Waals surface area contributed by atoms with Gasteiger partial charge in [-0.05, 0) is 12.1 Å². The fraction of sp³-hybridized carbons (Fsp3) is 0.125. The number of carboxylic acids is 1. The van der Waals surface area contributed by atoms with Crippen LogP contribution >= 0.6 is 11.8 Å². The van der Waals surface area contributed by atoms with E-state index in [0.717, 1.165) is 11.8 Å². The average Bonchev–Trinajstić information content (AvgIpc) is 2.16. The third-order valence-corrected chi connectivity index (χ3v) is 2.92. The van der Waals surface area contributed by atoms with E-state index in [0.29, 0.717) is 10.7 Å². The molecule has 2 rings (SSSR count). The summed E-state index contributed by atoms with van der Waals surface area (Å²) >= 11 is 0.951. The first-order valence-corrected chi connectivity index (χ1v) is 4.72. The highest BCUT2D eigenvalue weighted by Crippen LogP contribution is 2.33. The van der Waals surface area contributed by atoms with Crippen LogP contribution in [0.5, 0.6) is 0 Å². The maximum atomic E-state index is 11.3. The van der Waals surface area contributed by atoms with Gasteiger partial charge in [0.05, 0.1) is 5.69 Å². The number of nitrogens with zero attached hydrogens (tertiary/aromatic N) is 1. The smallest absolute Gasteiger partial charge is 0.326 e. The Labute approximate surface area is 83.5 Å². The molecule has 5 nitrogen and oxygen atoms in total. The molecule has 0 saturated carbocycles. The quantitative estimate of drug-likeness (QED) is 0.663. The Morgan fingerprint density at radius 3 is 3.14 bits per heavy atom. The number of rotatable bonds is 1. The molecule has 72 valence electrons. The molecule has 2 heterocycles. The number of hydrogen-bond acceptors (Lipinski definition) is 4. The van der Waals surface area contributed by atoms with Crippen molar-refractivity contribution in [2.75, 3.05) is 5.32 Å². The first-order valence-electron chi connectivity index (χ1n) is 3.84. The monoisotopic (exact) mass is 210 g/mol. The molecule has 1 aromatic heterocycles. The molecule has 1 aliphatic heterocycles. The Bertz CT molecular complexity index is 407. The number of aliphatic carboxylic acids is 1. The van der Waals surface area contributed by atoms with Crippen LogP contribution in [0.3, 0.4) is 0 Å². The molecule has 0 radical (unpaired) electrons. The van der Waals surface area contributed by atoms with Gasteiger partial charge in [-0.3, -0.25) is 9.59 Å². The number of thioether (sulfide) groups is 1. The SMILES string of the molecule is O=C(O)C1Sc2ncccc2NC1=O. The Morgan fingerprint density at radius 2 is 2.43 bits per heavy atom. The van der Waals surface area contributed by atoms with Crippen LogP contribution in [0.2, 0.25) is 0 Å². The molecule has 0 aliphatic carbocycles. The highest BCUT2D eigenvalue weighted by molar-refractivity contribution is 8.01. The van der Waals surface area contributed by atoms with Gasteiger partial charge in [0.1, 0.15) is 5.03 Å². The lowest BCUT2D eigenvalue weighted by molar-refractivity contribution is -0.138. The van der Waals surface area contributed by atoms with Gasteiger partial charge >= 0.3 is 5.97 Å². The van der Waals surface area contributed by atoms with E-state index < -0.39 is 17.1 Å². The summed E-state index contributed by atoms with van der Waals surface area (Å²) in [4.78, 5) is 25.9. The first-order chi connectivity index (χ1) is 6.68. The van der Waals surface area contributed by atoms with E-state index in [1.165, 1.54) is 0 Å². The fourth-order valence-corrected chi connectivity index (χ4v) is 1.96. The summed E-state index contributed by atoms with van der Waals surface area (Å²) in [5.41, 5.74) is 0.569. The number of anilines is 1. The van der Waals surface area contributed by atoms with Crippen molar-refractivity contribution in [2.24, 2.45) is 0 Å². The van der Waals surface area contributed by atoms with E-state index in [1.54, 1.807) is 18.3 Å². The average molecular weight is 210 g/mol. The van der Waals surface area contributed by atoms with Crippen molar-refractivity contribution in [2.45, 2.75) is 10.3 Å². The summed E-state index contributed by atoms with van der Waals surface area (Å²) in [5.74, 6) is -1.66. The zero-order chi connectivity index (χ0) is 10.1. The van der Waals surface area contributed by atoms with Crippen molar-refractivity contribution < 1.29 is 14.7 Å². The highest BCUT2D eigenvalue weighted by atomic mass is 32.2. The van der Waals surface area contributed by atoms with Crippen LogP contribution in [-0.4, -0.2) is 27.2 Å². The second kappa shape index (κ2) is 3.30. The zero-order valence-corrected chi connectivity index (χ0v) is 7.75. The van der Waals surface area contributed by atoms with E-state index in [4.69, 9.17) is 5.11 Å². The molecule has 14 heavy (non-hydrogen) atoms. The number of carboxylic acid groups (broad SMARTS) is 1. The number of carbonyl (C=O) groups is 2. The van der Waals surface area contributed by atoms with Gasteiger partial charge < -0.3 is 10.4 Å². The molecule has 0 fully saturated rings. The largest absolute Gasteiger partial charge is 0.480 e. The third-order valence-electron chi connectivity index (χ3n) is 1.72. The number of hydrogen-bond donors (Lipinski definition) is 2. The van der Waals surface area contributed by atoms with Gasteiger partial charge in [0, 0.05) is 6.20 Å². The highest BCUT2D eigenvalue weighted by Gasteiger charge is 2.33. The molecule has 0 saturated heterocycles.